The first-order valence-corrected chi connectivity index (χ1v) is 4.07. The highest BCUT2D eigenvalue weighted by Gasteiger charge is 2.08. The standard InChI is InChI=1S/C7H8BrN3O/c1-10-7(12)5-2-4(9)3-11-6(5)8/h2-3H,9H2,1H3,(H,10,12). The maximum Gasteiger partial charge on any atom is 0.253 e. The van der Waals surface area contributed by atoms with Crippen LogP contribution in [0.5, 0.6) is 0 Å². The second-order valence-electron chi connectivity index (χ2n) is 2.19. The molecule has 64 valence electrons. The molecule has 0 aliphatic carbocycles. The number of aromatic nitrogens is 1. The van der Waals surface area contributed by atoms with E-state index in [-0.39, 0.29) is 5.91 Å². The molecule has 0 saturated carbocycles. The molecular weight excluding hydrogens is 222 g/mol. The van der Waals surface area contributed by atoms with Crippen molar-refractivity contribution >= 4 is 27.5 Å². The predicted molar refractivity (Wildman–Crippen MR) is 49.7 cm³/mol. The fourth-order valence-electron chi connectivity index (χ4n) is 0.758. The van der Waals surface area contributed by atoms with Gasteiger partial charge in [0.2, 0.25) is 0 Å². The van der Waals surface area contributed by atoms with Crippen molar-refractivity contribution in [2.75, 3.05) is 12.8 Å². The zero-order chi connectivity index (χ0) is 9.14. The van der Waals surface area contributed by atoms with E-state index in [0.717, 1.165) is 0 Å². The van der Waals surface area contributed by atoms with Crippen LogP contribution in [0.25, 0.3) is 0 Å². The van der Waals surface area contributed by atoms with E-state index in [1.54, 1.807) is 13.1 Å². The lowest BCUT2D eigenvalue weighted by Gasteiger charge is -2.02. The van der Waals surface area contributed by atoms with Gasteiger partial charge < -0.3 is 11.1 Å². The van der Waals surface area contributed by atoms with Gasteiger partial charge in [0.1, 0.15) is 4.60 Å². The SMILES string of the molecule is CNC(=O)c1cc(N)cnc1Br. The third-order valence-corrected chi connectivity index (χ3v) is 1.96. The number of pyridine rings is 1. The molecule has 0 bridgehead atoms. The summed E-state index contributed by atoms with van der Waals surface area (Å²) >= 11 is 3.14. The average Bonchev–Trinajstić information content (AvgIpc) is 2.08. The summed E-state index contributed by atoms with van der Waals surface area (Å²) in [4.78, 5) is 15.0. The third kappa shape index (κ3) is 1.73. The Morgan fingerprint density at radius 1 is 1.75 bits per heavy atom. The van der Waals surface area contributed by atoms with Crippen LogP contribution in [0.3, 0.4) is 0 Å². The van der Waals surface area contributed by atoms with Crippen molar-refractivity contribution in [3.05, 3.63) is 22.4 Å². The molecule has 1 aromatic rings. The van der Waals surface area contributed by atoms with Crippen LogP contribution >= 0.6 is 15.9 Å². The van der Waals surface area contributed by atoms with Crippen LogP contribution in [0.1, 0.15) is 10.4 Å². The zero-order valence-corrected chi connectivity index (χ0v) is 8.05. The fraction of sp³-hybridized carbons (Fsp3) is 0.143. The minimum Gasteiger partial charge on any atom is -0.397 e. The van der Waals surface area contributed by atoms with Gasteiger partial charge in [-0.1, -0.05) is 0 Å². The molecule has 3 N–H and O–H groups in total. The number of carbonyl (C=O) groups is 1. The maximum absolute atomic E-state index is 11.1. The van der Waals surface area contributed by atoms with Crippen molar-refractivity contribution in [2.24, 2.45) is 0 Å². The molecule has 4 nitrogen and oxygen atoms in total. The van der Waals surface area contributed by atoms with E-state index < -0.39 is 0 Å². The van der Waals surface area contributed by atoms with Gasteiger partial charge >= 0.3 is 0 Å². The highest BCUT2D eigenvalue weighted by atomic mass is 79.9. The molecule has 0 aliphatic heterocycles. The molecule has 12 heavy (non-hydrogen) atoms. The van der Waals surface area contributed by atoms with Gasteiger partial charge in [-0.05, 0) is 22.0 Å². The molecule has 5 heteroatoms. The Labute approximate surface area is 78.3 Å². The van der Waals surface area contributed by atoms with E-state index >= 15 is 0 Å². The summed E-state index contributed by atoms with van der Waals surface area (Å²) in [6.07, 6.45) is 1.48. The molecule has 0 aromatic carbocycles. The number of hydrogen-bond acceptors (Lipinski definition) is 3. The number of halogens is 1. The van der Waals surface area contributed by atoms with Crippen molar-refractivity contribution in [3.63, 3.8) is 0 Å². The molecule has 0 unspecified atom stereocenters. The number of amides is 1. The number of nitrogens with two attached hydrogens (primary N) is 1. The van der Waals surface area contributed by atoms with Crippen LogP contribution in [0, 0.1) is 0 Å². The van der Waals surface area contributed by atoms with Gasteiger partial charge in [-0.3, -0.25) is 4.79 Å². The first-order valence-electron chi connectivity index (χ1n) is 3.28. The van der Waals surface area contributed by atoms with E-state index in [1.807, 2.05) is 0 Å². The molecule has 0 fully saturated rings. The van der Waals surface area contributed by atoms with Crippen LogP contribution in [0.2, 0.25) is 0 Å². The number of nitrogens with zero attached hydrogens (tertiary/aromatic N) is 1. The Hall–Kier alpha value is -1.10. The molecule has 1 amide bonds. The van der Waals surface area contributed by atoms with E-state index in [0.29, 0.717) is 15.9 Å². The summed E-state index contributed by atoms with van der Waals surface area (Å²) in [5, 5.41) is 2.48. The molecule has 0 aliphatic rings. The monoisotopic (exact) mass is 229 g/mol. The highest BCUT2D eigenvalue weighted by molar-refractivity contribution is 9.10. The molecule has 1 aromatic heterocycles. The van der Waals surface area contributed by atoms with E-state index in [4.69, 9.17) is 5.73 Å². The molecule has 1 heterocycles. The Morgan fingerprint density at radius 3 is 3.00 bits per heavy atom. The lowest BCUT2D eigenvalue weighted by Crippen LogP contribution is -2.18. The Balaban J connectivity index is 3.13. The number of rotatable bonds is 1. The van der Waals surface area contributed by atoms with Crippen LogP contribution in [-0.4, -0.2) is 17.9 Å². The van der Waals surface area contributed by atoms with Crippen LogP contribution < -0.4 is 11.1 Å². The molecular formula is C7H8BrN3O. The number of carbonyl (C=O) groups excluding carboxylic acids is 1. The summed E-state index contributed by atoms with van der Waals surface area (Å²) in [7, 11) is 1.55. The third-order valence-electron chi connectivity index (χ3n) is 1.33. The van der Waals surface area contributed by atoms with Crippen molar-refractivity contribution in [1.82, 2.24) is 10.3 Å². The maximum atomic E-state index is 11.1. The van der Waals surface area contributed by atoms with Crippen LogP contribution in [0.15, 0.2) is 16.9 Å². The first-order chi connectivity index (χ1) is 5.65. The summed E-state index contributed by atoms with van der Waals surface area (Å²) in [5.74, 6) is -0.207. The summed E-state index contributed by atoms with van der Waals surface area (Å²) in [5.41, 5.74) is 6.37. The second-order valence-corrected chi connectivity index (χ2v) is 2.94. The Morgan fingerprint density at radius 2 is 2.42 bits per heavy atom. The summed E-state index contributed by atoms with van der Waals surface area (Å²) in [6, 6.07) is 1.57. The van der Waals surface area contributed by atoms with Crippen molar-refractivity contribution in [3.8, 4) is 0 Å². The molecule has 0 saturated heterocycles. The van der Waals surface area contributed by atoms with Crippen LogP contribution in [0.4, 0.5) is 5.69 Å². The first kappa shape index (κ1) is 8.99. The number of anilines is 1. The minimum atomic E-state index is -0.207. The number of nitrogens with one attached hydrogen (secondary N) is 1. The largest absolute Gasteiger partial charge is 0.397 e. The average molecular weight is 230 g/mol. The van der Waals surface area contributed by atoms with Crippen molar-refractivity contribution in [2.45, 2.75) is 0 Å². The quantitative estimate of drug-likeness (QED) is 0.700. The van der Waals surface area contributed by atoms with Crippen LogP contribution in [-0.2, 0) is 0 Å². The highest BCUT2D eigenvalue weighted by Crippen LogP contribution is 2.15. The Bertz CT molecular complexity index is 314. The van der Waals surface area contributed by atoms with Gasteiger partial charge in [0, 0.05) is 7.05 Å². The van der Waals surface area contributed by atoms with Gasteiger partial charge in [0.15, 0.2) is 0 Å². The second kappa shape index (κ2) is 3.53. The smallest absolute Gasteiger partial charge is 0.253 e. The number of hydrogen-bond donors (Lipinski definition) is 2. The Kier molecular flexibility index (Phi) is 2.65. The lowest BCUT2D eigenvalue weighted by molar-refractivity contribution is 0.0962. The molecule has 0 atom stereocenters. The van der Waals surface area contributed by atoms with Crippen molar-refractivity contribution < 1.29 is 4.79 Å². The van der Waals surface area contributed by atoms with Gasteiger partial charge in [-0.15, -0.1) is 0 Å². The summed E-state index contributed by atoms with van der Waals surface area (Å²) < 4.78 is 0.496. The summed E-state index contributed by atoms with van der Waals surface area (Å²) in [6.45, 7) is 0. The topological polar surface area (TPSA) is 68.0 Å². The van der Waals surface area contributed by atoms with Gasteiger partial charge in [0.05, 0.1) is 17.4 Å². The van der Waals surface area contributed by atoms with E-state index in [2.05, 4.69) is 26.2 Å². The van der Waals surface area contributed by atoms with Gasteiger partial charge in [0.25, 0.3) is 5.91 Å². The van der Waals surface area contributed by atoms with E-state index in [9.17, 15) is 4.79 Å². The fourth-order valence-corrected chi connectivity index (χ4v) is 1.16. The van der Waals surface area contributed by atoms with Gasteiger partial charge in [-0.2, -0.15) is 0 Å². The number of nitrogen functional groups attached to an aromatic ring is 1. The molecule has 0 radical (unpaired) electrons. The minimum absolute atomic E-state index is 0.207. The zero-order valence-electron chi connectivity index (χ0n) is 6.47. The van der Waals surface area contributed by atoms with Crippen molar-refractivity contribution in [1.29, 1.82) is 0 Å². The van der Waals surface area contributed by atoms with E-state index in [1.165, 1.54) is 6.20 Å². The lowest BCUT2D eigenvalue weighted by atomic mass is 10.2. The normalized spacial score (nSPS) is 9.50. The predicted octanol–water partition coefficient (Wildman–Crippen LogP) is 0.786. The molecule has 1 rings (SSSR count). The molecule has 0 spiro atoms. The van der Waals surface area contributed by atoms with Gasteiger partial charge in [-0.25, -0.2) is 4.98 Å².